The van der Waals surface area contributed by atoms with Crippen LogP contribution in [-0.2, 0) is 13.0 Å². The van der Waals surface area contributed by atoms with Crippen molar-refractivity contribution in [3.05, 3.63) is 89.2 Å². The van der Waals surface area contributed by atoms with Crippen molar-refractivity contribution >= 4 is 12.0 Å². The van der Waals surface area contributed by atoms with Gasteiger partial charge in [-0.15, -0.1) is 0 Å². The summed E-state index contributed by atoms with van der Waals surface area (Å²) in [5, 5.41) is 6.64. The van der Waals surface area contributed by atoms with Crippen LogP contribution < -0.4 is 10.6 Å². The number of carbonyl (C=O) groups excluding carboxylic acids is 1. The van der Waals surface area contributed by atoms with E-state index < -0.39 is 0 Å². The van der Waals surface area contributed by atoms with Crippen molar-refractivity contribution in [1.29, 1.82) is 0 Å². The first kappa shape index (κ1) is 23.7. The zero-order chi connectivity index (χ0) is 24.1. The lowest BCUT2D eigenvalue weighted by molar-refractivity contribution is 0.161. The molecule has 0 spiro atoms. The van der Waals surface area contributed by atoms with Gasteiger partial charge in [0.1, 0.15) is 0 Å². The Morgan fingerprint density at radius 3 is 2.38 bits per heavy atom. The number of carbonyl (C=O) groups is 1. The Morgan fingerprint density at radius 1 is 1.09 bits per heavy atom. The van der Waals surface area contributed by atoms with Crippen LogP contribution in [0.15, 0.2) is 66.9 Å². The zero-order valence-corrected chi connectivity index (χ0v) is 20.4. The smallest absolute Gasteiger partial charge is 0.318 e. The standard InChI is InChI=1S/C27H34N6O/c1-19-15-23-16-28-26(29-20(2)21-11-7-5-8-12-21)30-25(23)18-33(19)27(34)31-24(17-32(3)4)22-13-9-6-10-14-22/h5-14,16,19-20,24H,15,17-18H2,1-4H3,(H,31,34)(H,28,29,30)/t19-,20-,24-/m1/s1. The van der Waals surface area contributed by atoms with Gasteiger partial charge in [0.05, 0.1) is 24.3 Å². The molecule has 0 fully saturated rings. The lowest BCUT2D eigenvalue weighted by atomic mass is 10.0. The average Bonchev–Trinajstić information content (AvgIpc) is 2.84. The summed E-state index contributed by atoms with van der Waals surface area (Å²) in [6, 6.07) is 20.3. The van der Waals surface area contributed by atoms with Crippen molar-refractivity contribution in [3.8, 4) is 0 Å². The van der Waals surface area contributed by atoms with E-state index in [1.807, 2.05) is 61.6 Å². The number of aromatic nitrogens is 2. The van der Waals surface area contributed by atoms with Crippen LogP contribution in [0.4, 0.5) is 10.7 Å². The van der Waals surface area contributed by atoms with Gasteiger partial charge in [0.15, 0.2) is 0 Å². The number of hydrogen-bond donors (Lipinski definition) is 2. The third kappa shape index (κ3) is 5.72. The summed E-state index contributed by atoms with van der Waals surface area (Å²) in [7, 11) is 4.04. The molecule has 0 bridgehead atoms. The van der Waals surface area contributed by atoms with Crippen LogP contribution in [0.3, 0.4) is 0 Å². The summed E-state index contributed by atoms with van der Waals surface area (Å²) in [5.74, 6) is 0.583. The molecule has 3 atom stereocenters. The number of benzene rings is 2. The van der Waals surface area contributed by atoms with Crippen LogP contribution in [0.5, 0.6) is 0 Å². The highest BCUT2D eigenvalue weighted by Gasteiger charge is 2.30. The number of urea groups is 1. The predicted octanol–water partition coefficient (Wildman–Crippen LogP) is 4.41. The number of amides is 2. The minimum absolute atomic E-state index is 0.0638. The fourth-order valence-electron chi connectivity index (χ4n) is 4.37. The van der Waals surface area contributed by atoms with E-state index in [1.54, 1.807) is 0 Å². The first-order chi connectivity index (χ1) is 16.4. The van der Waals surface area contributed by atoms with Crippen LogP contribution in [0.1, 0.15) is 48.3 Å². The lowest BCUT2D eigenvalue weighted by Gasteiger charge is -2.36. The maximum Gasteiger partial charge on any atom is 0.318 e. The van der Waals surface area contributed by atoms with E-state index in [1.165, 1.54) is 5.56 Å². The molecule has 0 saturated heterocycles. The number of rotatable bonds is 7. The molecule has 34 heavy (non-hydrogen) atoms. The SMILES string of the molecule is C[C@@H]1Cc2cnc(N[C@H](C)c3ccccc3)nc2CN1C(=O)N[C@H](CN(C)C)c1ccccc1. The second-order valence-corrected chi connectivity index (χ2v) is 9.30. The molecule has 0 radical (unpaired) electrons. The van der Waals surface area contributed by atoms with Crippen molar-refractivity contribution in [2.24, 2.45) is 0 Å². The van der Waals surface area contributed by atoms with Gasteiger partial charge in [-0.2, -0.15) is 0 Å². The van der Waals surface area contributed by atoms with E-state index in [-0.39, 0.29) is 24.2 Å². The Bertz CT molecular complexity index is 1090. The van der Waals surface area contributed by atoms with Gasteiger partial charge in [-0.25, -0.2) is 14.8 Å². The van der Waals surface area contributed by atoms with Crippen molar-refractivity contribution in [2.75, 3.05) is 26.0 Å². The molecule has 7 nitrogen and oxygen atoms in total. The van der Waals surface area contributed by atoms with Gasteiger partial charge in [0, 0.05) is 18.8 Å². The molecule has 2 amide bonds. The number of anilines is 1. The molecular formula is C27H34N6O. The topological polar surface area (TPSA) is 73.4 Å². The quantitative estimate of drug-likeness (QED) is 0.549. The fraction of sp³-hybridized carbons (Fsp3) is 0.370. The molecule has 1 aliphatic rings. The highest BCUT2D eigenvalue weighted by molar-refractivity contribution is 5.75. The molecule has 0 saturated carbocycles. The number of fused-ring (bicyclic) bond motifs is 1. The summed E-state index contributed by atoms with van der Waals surface area (Å²) in [6.07, 6.45) is 2.63. The highest BCUT2D eigenvalue weighted by atomic mass is 16.2. The molecule has 1 aliphatic heterocycles. The zero-order valence-electron chi connectivity index (χ0n) is 20.4. The minimum Gasteiger partial charge on any atom is -0.348 e. The molecule has 4 rings (SSSR count). The maximum absolute atomic E-state index is 13.4. The number of hydrogen-bond acceptors (Lipinski definition) is 5. The van der Waals surface area contributed by atoms with Gasteiger partial charge in [-0.1, -0.05) is 60.7 Å². The molecule has 2 heterocycles. The Balaban J connectivity index is 1.48. The minimum atomic E-state index is -0.0911. The van der Waals surface area contributed by atoms with Crippen LogP contribution in [-0.4, -0.2) is 52.5 Å². The van der Waals surface area contributed by atoms with E-state index in [0.29, 0.717) is 12.5 Å². The Kier molecular flexibility index (Phi) is 7.43. The van der Waals surface area contributed by atoms with Crippen LogP contribution in [0, 0.1) is 0 Å². The number of likely N-dealkylation sites (N-methyl/N-ethyl adjacent to an activating group) is 1. The van der Waals surface area contributed by atoms with Gasteiger partial charge in [-0.3, -0.25) is 0 Å². The summed E-state index contributed by atoms with van der Waals surface area (Å²) in [5.41, 5.74) is 4.27. The molecule has 7 heteroatoms. The van der Waals surface area contributed by atoms with Crippen LogP contribution >= 0.6 is 0 Å². The van der Waals surface area contributed by atoms with E-state index in [0.717, 1.165) is 29.8 Å². The predicted molar refractivity (Wildman–Crippen MR) is 135 cm³/mol. The fourth-order valence-corrected chi connectivity index (χ4v) is 4.37. The van der Waals surface area contributed by atoms with Gasteiger partial charge in [-0.05, 0) is 51.1 Å². The van der Waals surface area contributed by atoms with Crippen molar-refractivity contribution < 1.29 is 4.79 Å². The van der Waals surface area contributed by atoms with E-state index in [9.17, 15) is 4.79 Å². The largest absolute Gasteiger partial charge is 0.348 e. The Labute approximate surface area is 202 Å². The molecule has 178 valence electrons. The van der Waals surface area contributed by atoms with Gasteiger partial charge in [0.2, 0.25) is 5.95 Å². The molecule has 1 aromatic heterocycles. The average molecular weight is 459 g/mol. The molecule has 3 aromatic rings. The van der Waals surface area contributed by atoms with Gasteiger partial charge in [0.25, 0.3) is 0 Å². The van der Waals surface area contributed by atoms with Crippen molar-refractivity contribution in [2.45, 2.75) is 44.9 Å². The summed E-state index contributed by atoms with van der Waals surface area (Å²) >= 11 is 0. The molecular weight excluding hydrogens is 424 g/mol. The van der Waals surface area contributed by atoms with Crippen LogP contribution in [0.25, 0.3) is 0 Å². The second kappa shape index (κ2) is 10.7. The van der Waals surface area contributed by atoms with E-state index in [4.69, 9.17) is 4.98 Å². The number of nitrogens with one attached hydrogen (secondary N) is 2. The second-order valence-electron chi connectivity index (χ2n) is 9.30. The van der Waals surface area contributed by atoms with Crippen molar-refractivity contribution in [1.82, 2.24) is 25.1 Å². The highest BCUT2D eigenvalue weighted by Crippen LogP contribution is 2.25. The van der Waals surface area contributed by atoms with E-state index >= 15 is 0 Å². The summed E-state index contributed by atoms with van der Waals surface area (Å²) in [6.45, 7) is 5.36. The summed E-state index contributed by atoms with van der Waals surface area (Å²) in [4.78, 5) is 26.7. The molecule has 0 unspecified atom stereocenters. The monoisotopic (exact) mass is 458 g/mol. The maximum atomic E-state index is 13.4. The normalized spacial score (nSPS) is 17.1. The molecule has 2 N–H and O–H groups in total. The summed E-state index contributed by atoms with van der Waals surface area (Å²) < 4.78 is 0. The van der Waals surface area contributed by atoms with Crippen molar-refractivity contribution in [3.63, 3.8) is 0 Å². The first-order valence-electron chi connectivity index (χ1n) is 11.8. The Hall–Kier alpha value is -3.45. The van der Waals surface area contributed by atoms with Gasteiger partial charge < -0.3 is 20.4 Å². The first-order valence-corrected chi connectivity index (χ1v) is 11.8. The molecule has 0 aliphatic carbocycles. The van der Waals surface area contributed by atoms with E-state index in [2.05, 4.69) is 58.6 Å². The van der Waals surface area contributed by atoms with Crippen LogP contribution in [0.2, 0.25) is 0 Å². The molecule has 2 aromatic carbocycles. The third-order valence-corrected chi connectivity index (χ3v) is 6.28. The third-order valence-electron chi connectivity index (χ3n) is 6.28. The number of nitrogens with zero attached hydrogens (tertiary/aromatic N) is 4. The Morgan fingerprint density at radius 2 is 1.74 bits per heavy atom. The lowest BCUT2D eigenvalue weighted by Crippen LogP contribution is -2.50. The van der Waals surface area contributed by atoms with Gasteiger partial charge >= 0.3 is 6.03 Å².